The molecule has 0 saturated carbocycles. The van der Waals surface area contributed by atoms with Gasteiger partial charge in [0.1, 0.15) is 11.4 Å². The average molecular weight is 348 g/mol. The van der Waals surface area contributed by atoms with Gasteiger partial charge in [0, 0.05) is 17.7 Å². The van der Waals surface area contributed by atoms with E-state index in [9.17, 15) is 8.42 Å². The van der Waals surface area contributed by atoms with E-state index in [0.717, 1.165) is 11.5 Å². The van der Waals surface area contributed by atoms with Gasteiger partial charge in [0.05, 0.1) is 12.0 Å². The Bertz CT molecular complexity index is 893. The molecule has 0 amide bonds. The van der Waals surface area contributed by atoms with E-state index in [2.05, 4.69) is 19.1 Å². The molecule has 0 saturated heterocycles. The highest BCUT2D eigenvalue weighted by molar-refractivity contribution is 7.93. The minimum Gasteiger partial charge on any atom is -0.497 e. The molecule has 0 unspecified atom stereocenters. The Kier molecular flexibility index (Phi) is 4.22. The smallest absolute Gasteiger partial charge is 0.263 e. The van der Waals surface area contributed by atoms with Crippen LogP contribution in [0.2, 0.25) is 0 Å². The molecular formula is C14H12N4O3S2. The van der Waals surface area contributed by atoms with Gasteiger partial charge in [0.2, 0.25) is 5.13 Å². The lowest BCUT2D eigenvalue weighted by atomic mass is 10.3. The molecule has 1 N–H and O–H groups in total. The molecule has 23 heavy (non-hydrogen) atoms. The lowest BCUT2D eigenvalue weighted by Crippen LogP contribution is -2.12. The maximum atomic E-state index is 12.3. The summed E-state index contributed by atoms with van der Waals surface area (Å²) in [7, 11) is -2.21. The molecule has 0 radical (unpaired) electrons. The fourth-order valence-electron chi connectivity index (χ4n) is 1.79. The van der Waals surface area contributed by atoms with Gasteiger partial charge in [-0.05, 0) is 36.4 Å². The summed E-state index contributed by atoms with van der Waals surface area (Å²) in [5.41, 5.74) is 0.582. The van der Waals surface area contributed by atoms with E-state index in [1.807, 2.05) is 6.07 Å². The number of nitrogens with one attached hydrogen (secondary N) is 1. The fourth-order valence-corrected chi connectivity index (χ4v) is 3.59. The van der Waals surface area contributed by atoms with Crippen LogP contribution in [0.4, 0.5) is 5.13 Å². The molecule has 0 bridgehead atoms. The zero-order valence-corrected chi connectivity index (χ0v) is 13.6. The van der Waals surface area contributed by atoms with Crippen LogP contribution in [-0.2, 0) is 10.0 Å². The summed E-state index contributed by atoms with van der Waals surface area (Å²) in [5, 5.41) is 0.182. The first-order valence-corrected chi connectivity index (χ1v) is 8.76. The summed E-state index contributed by atoms with van der Waals surface area (Å²) >= 11 is 0.957. The molecule has 0 fully saturated rings. The molecule has 2 heterocycles. The zero-order chi connectivity index (χ0) is 16.3. The van der Waals surface area contributed by atoms with Crippen LogP contribution in [-0.4, -0.2) is 29.9 Å². The van der Waals surface area contributed by atoms with Crippen molar-refractivity contribution in [2.45, 2.75) is 4.90 Å². The van der Waals surface area contributed by atoms with E-state index >= 15 is 0 Å². The Morgan fingerprint density at radius 3 is 2.57 bits per heavy atom. The molecule has 0 spiro atoms. The van der Waals surface area contributed by atoms with Crippen LogP contribution in [0.1, 0.15) is 0 Å². The third-order valence-corrected chi connectivity index (χ3v) is 5.03. The number of sulfonamides is 1. The first-order valence-electron chi connectivity index (χ1n) is 6.50. The predicted octanol–water partition coefficient (Wildman–Crippen LogP) is 2.41. The van der Waals surface area contributed by atoms with E-state index in [-0.39, 0.29) is 10.0 Å². The standard InChI is InChI=1S/C14H12N4O3S2/c1-21-10-5-7-11(8-6-10)23(19,20)18-14-16-13(17-22-14)12-4-2-3-9-15-12/h2-9H,1H3,(H,16,17,18). The minimum atomic E-state index is -3.73. The van der Waals surface area contributed by atoms with Crippen molar-refractivity contribution in [3.63, 3.8) is 0 Å². The maximum absolute atomic E-state index is 12.3. The van der Waals surface area contributed by atoms with Crippen molar-refractivity contribution in [3.8, 4) is 17.3 Å². The van der Waals surface area contributed by atoms with Gasteiger partial charge < -0.3 is 4.74 Å². The SMILES string of the molecule is COc1ccc(S(=O)(=O)Nc2nc(-c3ccccn3)ns2)cc1. The third kappa shape index (κ3) is 3.46. The van der Waals surface area contributed by atoms with E-state index in [1.54, 1.807) is 30.5 Å². The van der Waals surface area contributed by atoms with Crippen LogP contribution in [0.15, 0.2) is 53.6 Å². The molecule has 118 valence electrons. The summed E-state index contributed by atoms with van der Waals surface area (Å²) in [5.74, 6) is 0.959. The highest BCUT2D eigenvalue weighted by atomic mass is 32.2. The van der Waals surface area contributed by atoms with E-state index in [0.29, 0.717) is 17.3 Å². The van der Waals surface area contributed by atoms with E-state index < -0.39 is 10.0 Å². The van der Waals surface area contributed by atoms with Gasteiger partial charge in [-0.25, -0.2) is 8.42 Å². The van der Waals surface area contributed by atoms with Gasteiger partial charge in [0.15, 0.2) is 5.82 Å². The highest BCUT2D eigenvalue weighted by Gasteiger charge is 2.17. The van der Waals surface area contributed by atoms with E-state index in [4.69, 9.17) is 4.74 Å². The molecule has 0 atom stereocenters. The Balaban J connectivity index is 1.82. The molecule has 0 aliphatic heterocycles. The average Bonchev–Trinajstić information content (AvgIpc) is 3.03. The Hall–Kier alpha value is -2.52. The van der Waals surface area contributed by atoms with Crippen molar-refractivity contribution in [2.75, 3.05) is 11.8 Å². The molecule has 0 aliphatic carbocycles. The van der Waals surface area contributed by atoms with Crippen molar-refractivity contribution in [1.82, 2.24) is 14.3 Å². The molecule has 3 rings (SSSR count). The summed E-state index contributed by atoms with van der Waals surface area (Å²) < 4.78 is 36.2. The van der Waals surface area contributed by atoms with Crippen molar-refractivity contribution >= 4 is 26.7 Å². The maximum Gasteiger partial charge on any atom is 0.263 e. The van der Waals surface area contributed by atoms with Crippen LogP contribution in [0.3, 0.4) is 0 Å². The van der Waals surface area contributed by atoms with Crippen molar-refractivity contribution in [1.29, 1.82) is 0 Å². The van der Waals surface area contributed by atoms with Crippen molar-refractivity contribution in [3.05, 3.63) is 48.7 Å². The second-order valence-corrected chi connectivity index (χ2v) is 6.85. The summed E-state index contributed by atoms with van der Waals surface area (Å²) in [6.45, 7) is 0. The van der Waals surface area contributed by atoms with Gasteiger partial charge in [-0.3, -0.25) is 9.71 Å². The Morgan fingerprint density at radius 2 is 1.91 bits per heavy atom. The largest absolute Gasteiger partial charge is 0.497 e. The van der Waals surface area contributed by atoms with Gasteiger partial charge in [-0.15, -0.1) is 0 Å². The predicted molar refractivity (Wildman–Crippen MR) is 86.9 cm³/mol. The second-order valence-electron chi connectivity index (χ2n) is 4.42. The number of benzene rings is 1. The number of anilines is 1. The molecule has 9 heteroatoms. The van der Waals surface area contributed by atoms with Crippen molar-refractivity contribution in [2.24, 2.45) is 0 Å². The summed E-state index contributed by atoms with van der Waals surface area (Å²) in [4.78, 5) is 8.40. The molecular weight excluding hydrogens is 336 g/mol. The van der Waals surface area contributed by atoms with Crippen LogP contribution in [0.25, 0.3) is 11.5 Å². The van der Waals surface area contributed by atoms with Gasteiger partial charge in [0.25, 0.3) is 10.0 Å². The van der Waals surface area contributed by atoms with Crippen LogP contribution < -0.4 is 9.46 Å². The van der Waals surface area contributed by atoms with Crippen LogP contribution in [0.5, 0.6) is 5.75 Å². The number of pyridine rings is 1. The van der Waals surface area contributed by atoms with Crippen LogP contribution in [0, 0.1) is 0 Å². The molecule has 2 aromatic heterocycles. The second kappa shape index (κ2) is 6.31. The first kappa shape index (κ1) is 15.4. The number of aromatic nitrogens is 3. The first-order chi connectivity index (χ1) is 11.1. The van der Waals surface area contributed by atoms with Crippen molar-refractivity contribution < 1.29 is 13.2 Å². The highest BCUT2D eigenvalue weighted by Crippen LogP contribution is 2.23. The number of nitrogens with zero attached hydrogens (tertiary/aromatic N) is 3. The third-order valence-electron chi connectivity index (χ3n) is 2.91. The zero-order valence-electron chi connectivity index (χ0n) is 12.0. The Labute approximate surface area is 137 Å². The number of methoxy groups -OCH3 is 1. The van der Waals surface area contributed by atoms with E-state index in [1.165, 1.54) is 19.2 Å². The lowest BCUT2D eigenvalue weighted by Gasteiger charge is -2.05. The number of hydrogen-bond donors (Lipinski definition) is 1. The monoisotopic (exact) mass is 348 g/mol. The summed E-state index contributed by atoms with van der Waals surface area (Å²) in [6, 6.07) is 11.4. The Morgan fingerprint density at radius 1 is 1.13 bits per heavy atom. The normalized spacial score (nSPS) is 11.2. The fraction of sp³-hybridized carbons (Fsp3) is 0.0714. The molecule has 0 aliphatic rings. The topological polar surface area (TPSA) is 94.1 Å². The molecule has 7 nitrogen and oxygen atoms in total. The summed E-state index contributed by atoms with van der Waals surface area (Å²) in [6.07, 6.45) is 1.62. The van der Waals surface area contributed by atoms with Crippen LogP contribution >= 0.6 is 11.5 Å². The molecule has 3 aromatic rings. The number of ether oxygens (including phenoxy) is 1. The van der Waals surface area contributed by atoms with Gasteiger partial charge in [-0.2, -0.15) is 9.36 Å². The number of hydrogen-bond acceptors (Lipinski definition) is 7. The number of rotatable bonds is 5. The van der Waals surface area contributed by atoms with Gasteiger partial charge in [-0.1, -0.05) is 6.07 Å². The minimum absolute atomic E-state index is 0.118. The van der Waals surface area contributed by atoms with Gasteiger partial charge >= 0.3 is 0 Å². The molecule has 1 aromatic carbocycles. The quantitative estimate of drug-likeness (QED) is 0.761. The lowest BCUT2D eigenvalue weighted by molar-refractivity contribution is 0.414.